The number of alkyl halides is 1. The molecule has 0 unspecified atom stereocenters. The molecular weight excluding hydrogens is 230 g/mol. The molecule has 1 aromatic rings. The van der Waals surface area contributed by atoms with Gasteiger partial charge in [0, 0.05) is 12.1 Å². The molecule has 0 aromatic heterocycles. The van der Waals surface area contributed by atoms with Crippen LogP contribution in [0.15, 0.2) is 29.2 Å². The first kappa shape index (κ1) is 10.9. The van der Waals surface area contributed by atoms with E-state index in [2.05, 4.69) is 0 Å². The molecule has 14 heavy (non-hydrogen) atoms. The summed E-state index contributed by atoms with van der Waals surface area (Å²) in [6, 6.07) is 4.57. The van der Waals surface area contributed by atoms with Gasteiger partial charge >= 0.3 is 0 Å². The number of nitro groups is 1. The standard InChI is InChI=1S/C7H6ClNO4S/c8-5-14(12,13)7-3-1-6(2-4-7)9(10)11/h1-4H,5H2. The molecule has 7 heteroatoms. The summed E-state index contributed by atoms with van der Waals surface area (Å²) in [5, 5.41) is 9.72. The zero-order valence-electron chi connectivity index (χ0n) is 6.88. The number of sulfone groups is 1. The van der Waals surface area contributed by atoms with Crippen molar-refractivity contribution in [3.05, 3.63) is 34.4 Å². The van der Waals surface area contributed by atoms with Gasteiger partial charge in [-0.1, -0.05) is 0 Å². The van der Waals surface area contributed by atoms with E-state index >= 15 is 0 Å². The van der Waals surface area contributed by atoms with Gasteiger partial charge in [-0.15, -0.1) is 11.6 Å². The van der Waals surface area contributed by atoms with Gasteiger partial charge < -0.3 is 0 Å². The van der Waals surface area contributed by atoms with Gasteiger partial charge in [0.1, 0.15) is 5.21 Å². The van der Waals surface area contributed by atoms with Crippen LogP contribution in [0.25, 0.3) is 0 Å². The van der Waals surface area contributed by atoms with Crippen LogP contribution in [0.4, 0.5) is 5.69 Å². The summed E-state index contributed by atoms with van der Waals surface area (Å²) >= 11 is 5.21. The summed E-state index contributed by atoms with van der Waals surface area (Å²) in [4.78, 5) is 9.65. The Bertz CT molecular complexity index is 439. The van der Waals surface area contributed by atoms with Crippen molar-refractivity contribution in [1.82, 2.24) is 0 Å². The van der Waals surface area contributed by atoms with Gasteiger partial charge in [-0.25, -0.2) is 8.42 Å². The molecule has 0 spiro atoms. The maximum absolute atomic E-state index is 11.2. The summed E-state index contributed by atoms with van der Waals surface area (Å²) in [5.74, 6) is 0. The van der Waals surface area contributed by atoms with E-state index in [4.69, 9.17) is 11.6 Å². The quantitative estimate of drug-likeness (QED) is 0.453. The van der Waals surface area contributed by atoms with Crippen molar-refractivity contribution in [3.63, 3.8) is 0 Å². The molecule has 1 aromatic carbocycles. The first-order chi connectivity index (χ1) is 6.47. The van der Waals surface area contributed by atoms with Crippen molar-refractivity contribution >= 4 is 27.1 Å². The minimum atomic E-state index is -3.50. The molecule has 0 atom stereocenters. The molecule has 0 radical (unpaired) electrons. The maximum Gasteiger partial charge on any atom is 0.269 e. The molecular formula is C7H6ClNO4S. The predicted octanol–water partition coefficient (Wildman–Crippen LogP) is 1.56. The number of nitro benzene ring substituents is 1. The van der Waals surface area contributed by atoms with E-state index in [0.29, 0.717) is 0 Å². The molecule has 1 rings (SSSR count). The lowest BCUT2D eigenvalue weighted by Gasteiger charge is -1.98. The van der Waals surface area contributed by atoms with Crippen molar-refractivity contribution in [2.24, 2.45) is 0 Å². The van der Waals surface area contributed by atoms with Crippen molar-refractivity contribution in [2.45, 2.75) is 4.90 Å². The van der Waals surface area contributed by atoms with E-state index in [1.54, 1.807) is 0 Å². The SMILES string of the molecule is O=[N+]([O-])c1ccc(S(=O)(=O)CCl)cc1. The summed E-state index contributed by atoms with van der Waals surface area (Å²) in [6.45, 7) is 0. The van der Waals surface area contributed by atoms with Crippen LogP contribution in [0.1, 0.15) is 0 Å². The summed E-state index contributed by atoms with van der Waals surface area (Å²) in [7, 11) is -3.50. The molecule has 0 saturated carbocycles. The Morgan fingerprint density at radius 2 is 1.79 bits per heavy atom. The normalized spacial score (nSPS) is 11.2. The Morgan fingerprint density at radius 3 is 2.14 bits per heavy atom. The Balaban J connectivity index is 3.12. The van der Waals surface area contributed by atoms with Gasteiger partial charge in [0.15, 0.2) is 9.84 Å². The molecule has 0 amide bonds. The molecule has 76 valence electrons. The highest BCUT2D eigenvalue weighted by atomic mass is 35.5. The van der Waals surface area contributed by atoms with Crippen LogP contribution in [0.5, 0.6) is 0 Å². The highest BCUT2D eigenvalue weighted by Gasteiger charge is 2.14. The third-order valence-corrected chi connectivity index (χ3v) is 3.69. The lowest BCUT2D eigenvalue weighted by Crippen LogP contribution is -2.01. The van der Waals surface area contributed by atoms with Crippen molar-refractivity contribution < 1.29 is 13.3 Å². The zero-order chi connectivity index (χ0) is 10.8. The Morgan fingerprint density at radius 1 is 1.29 bits per heavy atom. The summed E-state index contributed by atoms with van der Waals surface area (Å²) in [5.41, 5.74) is -0.154. The van der Waals surface area contributed by atoms with Gasteiger partial charge in [0.25, 0.3) is 5.69 Å². The molecule has 5 nitrogen and oxygen atoms in total. The number of benzene rings is 1. The van der Waals surface area contributed by atoms with Crippen LogP contribution in [-0.2, 0) is 9.84 Å². The second kappa shape index (κ2) is 3.93. The van der Waals surface area contributed by atoms with Gasteiger partial charge in [0.2, 0.25) is 0 Å². The van der Waals surface area contributed by atoms with Gasteiger partial charge in [0.05, 0.1) is 9.82 Å². The lowest BCUT2D eigenvalue weighted by atomic mass is 10.3. The Labute approximate surface area is 85.4 Å². The monoisotopic (exact) mass is 235 g/mol. The fraction of sp³-hybridized carbons (Fsp3) is 0.143. The molecule has 0 bridgehead atoms. The highest BCUT2D eigenvalue weighted by Crippen LogP contribution is 2.17. The number of hydrogen-bond donors (Lipinski definition) is 0. The summed E-state index contributed by atoms with van der Waals surface area (Å²) in [6.07, 6.45) is 0. The molecule has 0 fully saturated rings. The molecule has 0 aliphatic rings. The summed E-state index contributed by atoms with van der Waals surface area (Å²) < 4.78 is 22.4. The van der Waals surface area contributed by atoms with Crippen LogP contribution in [0.2, 0.25) is 0 Å². The first-order valence-corrected chi connectivity index (χ1v) is 5.69. The van der Waals surface area contributed by atoms with E-state index in [1.165, 1.54) is 0 Å². The molecule has 0 aliphatic carbocycles. The zero-order valence-corrected chi connectivity index (χ0v) is 8.46. The van der Waals surface area contributed by atoms with Gasteiger partial charge in [-0.3, -0.25) is 10.1 Å². The number of nitrogens with zero attached hydrogens (tertiary/aromatic N) is 1. The third kappa shape index (κ3) is 2.21. The van der Waals surface area contributed by atoms with Gasteiger partial charge in [-0.2, -0.15) is 0 Å². The topological polar surface area (TPSA) is 77.3 Å². The van der Waals surface area contributed by atoms with Crippen LogP contribution in [-0.4, -0.2) is 18.6 Å². The third-order valence-electron chi connectivity index (χ3n) is 1.55. The molecule has 0 aliphatic heterocycles. The van der Waals surface area contributed by atoms with Gasteiger partial charge in [-0.05, 0) is 12.1 Å². The van der Waals surface area contributed by atoms with Crippen LogP contribution < -0.4 is 0 Å². The Kier molecular flexibility index (Phi) is 3.07. The van der Waals surface area contributed by atoms with Crippen molar-refractivity contribution in [1.29, 1.82) is 0 Å². The second-order valence-corrected chi connectivity index (χ2v) is 5.05. The predicted molar refractivity (Wildman–Crippen MR) is 51.0 cm³/mol. The van der Waals surface area contributed by atoms with Crippen LogP contribution >= 0.6 is 11.6 Å². The highest BCUT2D eigenvalue weighted by molar-refractivity contribution is 7.92. The van der Waals surface area contributed by atoms with E-state index in [9.17, 15) is 18.5 Å². The molecule has 0 N–H and O–H groups in total. The molecule has 0 heterocycles. The number of non-ortho nitro benzene ring substituents is 1. The average molecular weight is 236 g/mol. The minimum absolute atomic E-state index is 0.0156. The largest absolute Gasteiger partial charge is 0.269 e. The fourth-order valence-electron chi connectivity index (χ4n) is 0.838. The van der Waals surface area contributed by atoms with E-state index in [0.717, 1.165) is 24.3 Å². The average Bonchev–Trinajstić information content (AvgIpc) is 2.18. The van der Waals surface area contributed by atoms with Crippen LogP contribution in [0, 0.1) is 10.1 Å². The van der Waals surface area contributed by atoms with Crippen LogP contribution in [0.3, 0.4) is 0 Å². The lowest BCUT2D eigenvalue weighted by molar-refractivity contribution is -0.384. The van der Waals surface area contributed by atoms with Crippen molar-refractivity contribution in [2.75, 3.05) is 5.21 Å². The van der Waals surface area contributed by atoms with E-state index in [1.807, 2.05) is 0 Å². The Hall–Kier alpha value is -1.14. The minimum Gasteiger partial charge on any atom is -0.258 e. The molecule has 0 saturated heterocycles. The second-order valence-electron chi connectivity index (χ2n) is 2.47. The smallest absolute Gasteiger partial charge is 0.258 e. The first-order valence-electron chi connectivity index (χ1n) is 3.50. The number of halogens is 1. The number of rotatable bonds is 3. The maximum atomic E-state index is 11.2. The number of hydrogen-bond acceptors (Lipinski definition) is 4. The van der Waals surface area contributed by atoms with E-state index in [-0.39, 0.29) is 10.6 Å². The fourth-order valence-corrected chi connectivity index (χ4v) is 1.89. The van der Waals surface area contributed by atoms with E-state index < -0.39 is 20.0 Å². The van der Waals surface area contributed by atoms with Crippen molar-refractivity contribution in [3.8, 4) is 0 Å².